The van der Waals surface area contributed by atoms with Crippen molar-refractivity contribution in [1.82, 2.24) is 9.47 Å². The van der Waals surface area contributed by atoms with E-state index >= 15 is 0 Å². The zero-order chi connectivity index (χ0) is 20.5. The number of hydrogen-bond acceptors (Lipinski definition) is 2. The first-order valence-corrected chi connectivity index (χ1v) is 11.6. The van der Waals surface area contributed by atoms with E-state index in [1.807, 2.05) is 17.0 Å². The van der Waals surface area contributed by atoms with Crippen molar-refractivity contribution < 1.29 is 9.53 Å². The van der Waals surface area contributed by atoms with Crippen LogP contribution in [0.5, 0.6) is 5.75 Å². The molecule has 0 bridgehead atoms. The molecule has 0 atom stereocenters. The topological polar surface area (TPSA) is 34.5 Å². The van der Waals surface area contributed by atoms with Crippen LogP contribution in [0.4, 0.5) is 0 Å². The van der Waals surface area contributed by atoms with Gasteiger partial charge in [-0.05, 0) is 68.4 Å². The highest BCUT2D eigenvalue weighted by Gasteiger charge is 2.21. The van der Waals surface area contributed by atoms with Gasteiger partial charge in [0.15, 0.2) is 0 Å². The summed E-state index contributed by atoms with van der Waals surface area (Å²) in [7, 11) is 1.73. The highest BCUT2D eigenvalue weighted by atomic mass is 16.5. The van der Waals surface area contributed by atoms with Crippen LogP contribution < -0.4 is 4.74 Å². The Hall–Kier alpha value is -2.49. The highest BCUT2D eigenvalue weighted by Crippen LogP contribution is 2.35. The maximum absolute atomic E-state index is 13.1. The second kappa shape index (κ2) is 8.33. The Kier molecular flexibility index (Phi) is 5.41. The lowest BCUT2D eigenvalue weighted by Crippen LogP contribution is -2.35. The molecule has 3 aromatic rings. The Bertz CT molecular complexity index is 1060. The molecule has 1 aromatic heterocycles. The van der Waals surface area contributed by atoms with Crippen LogP contribution in [0.25, 0.3) is 21.8 Å². The Labute approximate surface area is 178 Å². The summed E-state index contributed by atoms with van der Waals surface area (Å²) in [5.74, 6) is 1.80. The number of piperidine rings is 1. The quantitative estimate of drug-likeness (QED) is 0.534. The third kappa shape index (κ3) is 3.57. The molecule has 0 unspecified atom stereocenters. The van der Waals surface area contributed by atoms with Crippen molar-refractivity contribution in [2.45, 2.75) is 57.9 Å². The summed E-state index contributed by atoms with van der Waals surface area (Å²) in [4.78, 5) is 15.1. The molecule has 0 N–H and O–H groups in total. The van der Waals surface area contributed by atoms with E-state index < -0.39 is 0 Å². The molecule has 1 saturated carbocycles. The molecule has 0 spiro atoms. The lowest BCUT2D eigenvalue weighted by molar-refractivity contribution is 0.0724. The molecule has 4 heteroatoms. The first kappa shape index (κ1) is 19.5. The Morgan fingerprint density at radius 3 is 2.43 bits per heavy atom. The third-order valence-corrected chi connectivity index (χ3v) is 7.13. The van der Waals surface area contributed by atoms with E-state index in [0.29, 0.717) is 0 Å². The van der Waals surface area contributed by atoms with E-state index in [1.54, 1.807) is 7.11 Å². The summed E-state index contributed by atoms with van der Waals surface area (Å²) in [5, 5.41) is 2.40. The number of carbonyl (C=O) groups is 1. The van der Waals surface area contributed by atoms with Gasteiger partial charge in [0.2, 0.25) is 0 Å². The molecule has 30 heavy (non-hydrogen) atoms. The number of ether oxygens (including phenoxy) is 1. The van der Waals surface area contributed by atoms with Crippen LogP contribution in [0, 0.1) is 5.92 Å². The maximum atomic E-state index is 13.1. The molecule has 2 aromatic carbocycles. The number of rotatable bonds is 4. The SMILES string of the molecule is COc1ccc2c3cc(C(=O)N4CCCCC4)ccc3n(CC3CCCCC3)c2c1. The fourth-order valence-electron chi connectivity index (χ4n) is 5.44. The van der Waals surface area contributed by atoms with Gasteiger partial charge in [0, 0.05) is 47.6 Å². The lowest BCUT2D eigenvalue weighted by atomic mass is 9.89. The number of fused-ring (bicyclic) bond motifs is 3. The summed E-state index contributed by atoms with van der Waals surface area (Å²) in [6.07, 6.45) is 10.2. The number of hydrogen-bond donors (Lipinski definition) is 0. The van der Waals surface area contributed by atoms with Gasteiger partial charge in [0.1, 0.15) is 5.75 Å². The number of nitrogens with zero attached hydrogens (tertiary/aromatic N) is 2. The minimum atomic E-state index is 0.179. The van der Waals surface area contributed by atoms with Crippen molar-refractivity contribution in [1.29, 1.82) is 0 Å². The highest BCUT2D eigenvalue weighted by molar-refractivity contribution is 6.11. The van der Waals surface area contributed by atoms with Gasteiger partial charge in [-0.15, -0.1) is 0 Å². The minimum Gasteiger partial charge on any atom is -0.497 e. The molecule has 158 valence electrons. The summed E-state index contributed by atoms with van der Waals surface area (Å²) < 4.78 is 8.00. The number of likely N-dealkylation sites (tertiary alicyclic amines) is 1. The molecule has 1 aliphatic heterocycles. The number of amides is 1. The summed E-state index contributed by atoms with van der Waals surface area (Å²) in [5.41, 5.74) is 3.27. The smallest absolute Gasteiger partial charge is 0.253 e. The van der Waals surface area contributed by atoms with Crippen LogP contribution in [0.1, 0.15) is 61.7 Å². The van der Waals surface area contributed by atoms with Gasteiger partial charge >= 0.3 is 0 Å². The van der Waals surface area contributed by atoms with Gasteiger partial charge in [-0.1, -0.05) is 19.3 Å². The fourth-order valence-corrected chi connectivity index (χ4v) is 5.44. The molecule has 2 aliphatic rings. The van der Waals surface area contributed by atoms with Crippen LogP contribution in [0.15, 0.2) is 36.4 Å². The molecule has 0 radical (unpaired) electrons. The monoisotopic (exact) mass is 404 g/mol. The Morgan fingerprint density at radius 2 is 1.67 bits per heavy atom. The van der Waals surface area contributed by atoms with Gasteiger partial charge in [-0.3, -0.25) is 4.79 Å². The van der Waals surface area contributed by atoms with Crippen molar-refractivity contribution in [2.75, 3.05) is 20.2 Å². The average molecular weight is 405 g/mol. The molecule has 4 nitrogen and oxygen atoms in total. The van der Waals surface area contributed by atoms with Crippen molar-refractivity contribution in [3.63, 3.8) is 0 Å². The van der Waals surface area contributed by atoms with Crippen LogP contribution in [-0.2, 0) is 6.54 Å². The summed E-state index contributed by atoms with van der Waals surface area (Å²) >= 11 is 0. The van der Waals surface area contributed by atoms with Crippen molar-refractivity contribution in [3.05, 3.63) is 42.0 Å². The molecule has 1 amide bonds. The molecule has 1 aliphatic carbocycles. The lowest BCUT2D eigenvalue weighted by Gasteiger charge is -2.26. The predicted octanol–water partition coefficient (Wildman–Crippen LogP) is 6.01. The second-order valence-electron chi connectivity index (χ2n) is 9.08. The van der Waals surface area contributed by atoms with Crippen molar-refractivity contribution >= 4 is 27.7 Å². The van der Waals surface area contributed by atoms with Crippen molar-refractivity contribution in [3.8, 4) is 5.75 Å². The largest absolute Gasteiger partial charge is 0.497 e. The summed E-state index contributed by atoms with van der Waals surface area (Å²) in [6, 6.07) is 12.7. The Morgan fingerprint density at radius 1 is 0.900 bits per heavy atom. The standard InChI is InChI=1S/C26H32N2O2/c1-30-21-11-12-22-23-16-20(26(29)27-14-6-3-7-15-27)10-13-24(23)28(25(22)17-21)18-19-8-4-2-5-9-19/h10-13,16-17,19H,2-9,14-15,18H2,1H3. The first-order valence-electron chi connectivity index (χ1n) is 11.6. The van der Waals surface area contributed by atoms with E-state index in [9.17, 15) is 4.79 Å². The van der Waals surface area contributed by atoms with Gasteiger partial charge < -0.3 is 14.2 Å². The van der Waals surface area contributed by atoms with Crippen molar-refractivity contribution in [2.24, 2.45) is 5.92 Å². The third-order valence-electron chi connectivity index (χ3n) is 7.13. The number of benzene rings is 2. The predicted molar refractivity (Wildman–Crippen MR) is 122 cm³/mol. The zero-order valence-electron chi connectivity index (χ0n) is 18.0. The van der Waals surface area contributed by atoms with E-state index in [2.05, 4.69) is 28.8 Å². The van der Waals surface area contributed by atoms with Gasteiger partial charge in [0.25, 0.3) is 5.91 Å². The molecular weight excluding hydrogens is 372 g/mol. The van der Waals surface area contributed by atoms with E-state index in [-0.39, 0.29) is 5.91 Å². The van der Waals surface area contributed by atoms with Crippen LogP contribution >= 0.6 is 0 Å². The van der Waals surface area contributed by atoms with Gasteiger partial charge in [-0.2, -0.15) is 0 Å². The molecule has 1 saturated heterocycles. The number of aromatic nitrogens is 1. The number of methoxy groups -OCH3 is 1. The molecular formula is C26H32N2O2. The normalized spacial score (nSPS) is 18.2. The first-order chi connectivity index (χ1) is 14.7. The van der Waals surface area contributed by atoms with Gasteiger partial charge in [0.05, 0.1) is 12.6 Å². The maximum Gasteiger partial charge on any atom is 0.253 e. The van der Waals surface area contributed by atoms with E-state index in [0.717, 1.165) is 49.7 Å². The second-order valence-corrected chi connectivity index (χ2v) is 9.08. The molecule has 2 heterocycles. The van der Waals surface area contributed by atoms with Gasteiger partial charge in [-0.25, -0.2) is 0 Å². The number of carbonyl (C=O) groups excluding carboxylic acids is 1. The van der Waals surface area contributed by atoms with E-state index in [4.69, 9.17) is 4.74 Å². The minimum absolute atomic E-state index is 0.179. The fraction of sp³-hybridized carbons (Fsp3) is 0.500. The van der Waals surface area contributed by atoms with Crippen LogP contribution in [0.3, 0.4) is 0 Å². The average Bonchev–Trinajstić information content (AvgIpc) is 3.12. The van der Waals surface area contributed by atoms with Crippen LogP contribution in [0.2, 0.25) is 0 Å². The Balaban J connectivity index is 1.58. The molecule has 5 rings (SSSR count). The zero-order valence-corrected chi connectivity index (χ0v) is 18.0. The van der Waals surface area contributed by atoms with Crippen LogP contribution in [-0.4, -0.2) is 35.6 Å². The van der Waals surface area contributed by atoms with E-state index in [1.165, 1.54) is 60.3 Å². The summed E-state index contributed by atoms with van der Waals surface area (Å²) in [6.45, 7) is 2.82. The molecule has 2 fully saturated rings.